The van der Waals surface area contributed by atoms with Gasteiger partial charge in [-0.2, -0.15) is 0 Å². The predicted octanol–water partition coefficient (Wildman–Crippen LogP) is 5.41. The van der Waals surface area contributed by atoms with Crippen molar-refractivity contribution in [1.29, 1.82) is 0 Å². The average molecular weight is 294 g/mol. The molecule has 1 N–H and O–H groups in total. The summed E-state index contributed by atoms with van der Waals surface area (Å²) in [6.45, 7) is 4.28. The van der Waals surface area contributed by atoms with E-state index in [9.17, 15) is 0 Å². The molecule has 0 radical (unpaired) electrons. The van der Waals surface area contributed by atoms with Crippen LogP contribution < -0.4 is 5.32 Å². The molecule has 1 nitrogen and oxygen atoms in total. The third kappa shape index (κ3) is 3.73. The van der Waals surface area contributed by atoms with Gasteiger partial charge in [-0.3, -0.25) is 0 Å². The van der Waals surface area contributed by atoms with E-state index in [-0.39, 0.29) is 12.1 Å². The molecule has 0 fully saturated rings. The number of hydrogen-bond acceptors (Lipinski definition) is 1. The summed E-state index contributed by atoms with van der Waals surface area (Å²) in [6.07, 6.45) is 0. The van der Waals surface area contributed by atoms with Crippen molar-refractivity contribution in [2.45, 2.75) is 25.9 Å². The summed E-state index contributed by atoms with van der Waals surface area (Å²) >= 11 is 12.0. The zero-order valence-electron chi connectivity index (χ0n) is 11.0. The molecule has 0 spiro atoms. The molecule has 0 aliphatic rings. The van der Waals surface area contributed by atoms with Crippen LogP contribution >= 0.6 is 23.2 Å². The molecule has 19 heavy (non-hydrogen) atoms. The molecule has 0 heterocycles. The van der Waals surface area contributed by atoms with Gasteiger partial charge >= 0.3 is 0 Å². The lowest BCUT2D eigenvalue weighted by Gasteiger charge is -2.21. The third-order valence-corrected chi connectivity index (χ3v) is 3.98. The van der Waals surface area contributed by atoms with E-state index in [2.05, 4.69) is 43.4 Å². The van der Waals surface area contributed by atoms with E-state index in [1.807, 2.05) is 24.3 Å². The summed E-state index contributed by atoms with van der Waals surface area (Å²) in [5.74, 6) is 0. The molecule has 0 saturated carbocycles. The Kier molecular flexibility index (Phi) is 4.87. The minimum atomic E-state index is 0.213. The third-order valence-electron chi connectivity index (χ3n) is 3.24. The summed E-state index contributed by atoms with van der Waals surface area (Å²) in [4.78, 5) is 0. The van der Waals surface area contributed by atoms with E-state index in [1.165, 1.54) is 5.56 Å². The van der Waals surface area contributed by atoms with Gasteiger partial charge in [-0.05, 0) is 37.1 Å². The van der Waals surface area contributed by atoms with Crippen LogP contribution in [0.4, 0.5) is 0 Å². The van der Waals surface area contributed by atoms with Crippen molar-refractivity contribution in [2.75, 3.05) is 0 Å². The Morgan fingerprint density at radius 1 is 0.789 bits per heavy atom. The summed E-state index contributed by atoms with van der Waals surface area (Å²) in [5, 5.41) is 4.75. The fraction of sp³-hybridized carbons (Fsp3) is 0.250. The van der Waals surface area contributed by atoms with Gasteiger partial charge in [0.1, 0.15) is 0 Å². The van der Waals surface area contributed by atoms with Crippen molar-refractivity contribution >= 4 is 23.2 Å². The van der Waals surface area contributed by atoms with Crippen LogP contribution in [0.1, 0.15) is 37.1 Å². The van der Waals surface area contributed by atoms with Crippen molar-refractivity contribution in [1.82, 2.24) is 5.32 Å². The highest BCUT2D eigenvalue weighted by Crippen LogP contribution is 2.26. The molecule has 0 amide bonds. The van der Waals surface area contributed by atoms with Crippen molar-refractivity contribution in [2.24, 2.45) is 0 Å². The van der Waals surface area contributed by atoms with Gasteiger partial charge in [-0.1, -0.05) is 59.6 Å². The van der Waals surface area contributed by atoms with E-state index in [0.29, 0.717) is 10.0 Å². The second-order valence-corrected chi connectivity index (χ2v) is 5.51. The second-order valence-electron chi connectivity index (χ2n) is 4.69. The molecule has 0 saturated heterocycles. The van der Waals surface area contributed by atoms with Crippen LogP contribution in [0.5, 0.6) is 0 Å². The number of rotatable bonds is 4. The Balaban J connectivity index is 2.08. The topological polar surface area (TPSA) is 12.0 Å². The SMILES string of the molecule is CC(N[C@@H](C)c1ccccc1)c1ccc(Cl)c(Cl)c1. The lowest BCUT2D eigenvalue weighted by atomic mass is 10.0. The van der Waals surface area contributed by atoms with Gasteiger partial charge < -0.3 is 5.32 Å². The molecule has 2 atom stereocenters. The standard InChI is InChI=1S/C16H17Cl2N/c1-11(13-6-4-3-5-7-13)19-12(2)14-8-9-15(17)16(18)10-14/h3-12,19H,1-2H3/t11-,12?/m0/s1. The molecule has 0 aromatic heterocycles. The van der Waals surface area contributed by atoms with Gasteiger partial charge in [0, 0.05) is 12.1 Å². The van der Waals surface area contributed by atoms with Crippen molar-refractivity contribution in [3.8, 4) is 0 Å². The monoisotopic (exact) mass is 293 g/mol. The molecule has 0 aliphatic carbocycles. The normalized spacial score (nSPS) is 14.1. The summed E-state index contributed by atoms with van der Waals surface area (Å²) < 4.78 is 0. The molecule has 2 aromatic rings. The van der Waals surface area contributed by atoms with Gasteiger partial charge in [-0.25, -0.2) is 0 Å². The molecule has 2 aromatic carbocycles. The first kappa shape index (κ1) is 14.4. The first-order chi connectivity index (χ1) is 9.08. The zero-order valence-corrected chi connectivity index (χ0v) is 12.5. The van der Waals surface area contributed by atoms with E-state index in [0.717, 1.165) is 5.56 Å². The van der Waals surface area contributed by atoms with Crippen LogP contribution in [0, 0.1) is 0 Å². The van der Waals surface area contributed by atoms with Crippen LogP contribution in [-0.4, -0.2) is 0 Å². The highest BCUT2D eigenvalue weighted by atomic mass is 35.5. The maximum atomic E-state index is 6.05. The summed E-state index contributed by atoms with van der Waals surface area (Å²) in [5.41, 5.74) is 2.41. The Morgan fingerprint density at radius 2 is 1.42 bits per heavy atom. The van der Waals surface area contributed by atoms with Crippen LogP contribution in [-0.2, 0) is 0 Å². The Morgan fingerprint density at radius 3 is 2.05 bits per heavy atom. The minimum Gasteiger partial charge on any atom is -0.304 e. The smallest absolute Gasteiger partial charge is 0.0595 e. The number of halogens is 2. The van der Waals surface area contributed by atoms with Crippen LogP contribution in [0.25, 0.3) is 0 Å². The highest BCUT2D eigenvalue weighted by molar-refractivity contribution is 6.42. The summed E-state index contributed by atoms with van der Waals surface area (Å²) in [7, 11) is 0. The van der Waals surface area contributed by atoms with Gasteiger partial charge in [0.2, 0.25) is 0 Å². The van der Waals surface area contributed by atoms with Gasteiger partial charge in [0.05, 0.1) is 10.0 Å². The lowest BCUT2D eigenvalue weighted by Crippen LogP contribution is -2.22. The Hall–Kier alpha value is -1.02. The largest absolute Gasteiger partial charge is 0.304 e. The molecule has 2 rings (SSSR count). The van der Waals surface area contributed by atoms with Crippen molar-refractivity contribution in [3.63, 3.8) is 0 Å². The van der Waals surface area contributed by atoms with Crippen LogP contribution in [0.15, 0.2) is 48.5 Å². The first-order valence-corrected chi connectivity index (χ1v) is 7.09. The molecular formula is C16H17Cl2N. The van der Waals surface area contributed by atoms with Crippen molar-refractivity contribution in [3.05, 3.63) is 69.7 Å². The lowest BCUT2D eigenvalue weighted by molar-refractivity contribution is 0.495. The molecule has 0 aliphatic heterocycles. The Labute approximate surface area is 124 Å². The highest BCUT2D eigenvalue weighted by Gasteiger charge is 2.11. The average Bonchev–Trinajstić information content (AvgIpc) is 2.42. The molecule has 0 bridgehead atoms. The predicted molar refractivity (Wildman–Crippen MR) is 82.9 cm³/mol. The van der Waals surface area contributed by atoms with E-state index in [1.54, 1.807) is 0 Å². The van der Waals surface area contributed by atoms with E-state index in [4.69, 9.17) is 23.2 Å². The summed E-state index contributed by atoms with van der Waals surface area (Å²) in [6, 6.07) is 16.6. The molecule has 1 unspecified atom stereocenters. The van der Waals surface area contributed by atoms with Gasteiger partial charge in [0.25, 0.3) is 0 Å². The second kappa shape index (κ2) is 6.42. The zero-order chi connectivity index (χ0) is 13.8. The van der Waals surface area contributed by atoms with Crippen molar-refractivity contribution < 1.29 is 0 Å². The Bertz CT molecular complexity index is 540. The maximum Gasteiger partial charge on any atom is 0.0595 e. The molecule has 3 heteroatoms. The number of nitrogens with one attached hydrogen (secondary N) is 1. The number of hydrogen-bond donors (Lipinski definition) is 1. The molecule has 100 valence electrons. The van der Waals surface area contributed by atoms with E-state index < -0.39 is 0 Å². The van der Waals surface area contributed by atoms with E-state index >= 15 is 0 Å². The minimum absolute atomic E-state index is 0.213. The fourth-order valence-corrected chi connectivity index (χ4v) is 2.40. The first-order valence-electron chi connectivity index (χ1n) is 6.34. The van der Waals surface area contributed by atoms with Crippen LogP contribution in [0.3, 0.4) is 0 Å². The maximum absolute atomic E-state index is 6.05. The van der Waals surface area contributed by atoms with Crippen LogP contribution in [0.2, 0.25) is 10.0 Å². The molecular weight excluding hydrogens is 277 g/mol. The van der Waals surface area contributed by atoms with Gasteiger partial charge in [0.15, 0.2) is 0 Å². The fourth-order valence-electron chi connectivity index (χ4n) is 2.09. The quantitative estimate of drug-likeness (QED) is 0.795. The van der Waals surface area contributed by atoms with Gasteiger partial charge in [-0.15, -0.1) is 0 Å². The number of benzene rings is 2.